The van der Waals surface area contributed by atoms with Crippen molar-refractivity contribution < 1.29 is 24.1 Å². The third kappa shape index (κ3) is 4.48. The van der Waals surface area contributed by atoms with E-state index in [0.29, 0.717) is 0 Å². The van der Waals surface area contributed by atoms with Gasteiger partial charge in [0, 0.05) is 23.0 Å². The van der Waals surface area contributed by atoms with Crippen LogP contribution in [0.3, 0.4) is 0 Å². The molecular formula is C25H23ClFNO4. The molecule has 5 nitrogen and oxygen atoms in total. The number of alkyl carbamates (subject to hydrolysis) is 1. The molecular weight excluding hydrogens is 433 g/mol. The number of aliphatic hydroxyl groups is 2. The second kappa shape index (κ2) is 9.69. The molecule has 0 saturated carbocycles. The summed E-state index contributed by atoms with van der Waals surface area (Å²) in [5, 5.41) is 23.0. The zero-order chi connectivity index (χ0) is 22.7. The average molecular weight is 456 g/mol. The second-order valence-corrected chi connectivity index (χ2v) is 8.10. The number of carbonyl (C=O) groups excluding carboxylic acids is 1. The number of rotatable bonds is 7. The number of benzene rings is 3. The third-order valence-corrected chi connectivity index (χ3v) is 6.04. The van der Waals surface area contributed by atoms with Crippen LogP contribution in [0.25, 0.3) is 11.1 Å². The maximum atomic E-state index is 13.9. The van der Waals surface area contributed by atoms with Crippen molar-refractivity contribution in [3.05, 3.63) is 94.3 Å². The fourth-order valence-corrected chi connectivity index (χ4v) is 4.39. The normalized spacial score (nSPS) is 14.4. The predicted molar refractivity (Wildman–Crippen MR) is 120 cm³/mol. The zero-order valence-electron chi connectivity index (χ0n) is 17.2. The van der Waals surface area contributed by atoms with E-state index in [1.165, 1.54) is 12.1 Å². The smallest absolute Gasteiger partial charge is 0.407 e. The van der Waals surface area contributed by atoms with Gasteiger partial charge in [0.1, 0.15) is 18.5 Å². The molecule has 0 fully saturated rings. The van der Waals surface area contributed by atoms with Crippen molar-refractivity contribution in [2.75, 3.05) is 13.2 Å². The first kappa shape index (κ1) is 22.3. The average Bonchev–Trinajstić information content (AvgIpc) is 3.11. The SMILES string of the molecule is O=C(NCCC(O)C(O)c1c(F)cccc1Cl)OCC1c2ccccc2-c2ccccc21. The molecule has 1 amide bonds. The van der Waals surface area contributed by atoms with Gasteiger partial charge < -0.3 is 20.3 Å². The largest absolute Gasteiger partial charge is 0.449 e. The van der Waals surface area contributed by atoms with Crippen LogP contribution in [0.5, 0.6) is 0 Å². The van der Waals surface area contributed by atoms with Gasteiger partial charge in [-0.1, -0.05) is 66.2 Å². The fraction of sp³-hybridized carbons (Fsp3) is 0.240. The zero-order valence-corrected chi connectivity index (χ0v) is 17.9. The van der Waals surface area contributed by atoms with Crippen molar-refractivity contribution in [3.8, 4) is 11.1 Å². The van der Waals surface area contributed by atoms with Gasteiger partial charge in [0.2, 0.25) is 0 Å². The lowest BCUT2D eigenvalue weighted by atomic mass is 9.98. The minimum atomic E-state index is -1.51. The summed E-state index contributed by atoms with van der Waals surface area (Å²) in [5.41, 5.74) is 4.34. The molecule has 3 N–H and O–H groups in total. The standard InChI is InChI=1S/C25H23ClFNO4/c26-20-10-5-11-21(27)23(20)24(30)22(29)12-13-28-25(31)32-14-19-17-8-3-1-6-15(17)16-7-2-4-9-18(16)19/h1-11,19,22,24,29-30H,12-14H2,(H,28,31). The van der Waals surface area contributed by atoms with E-state index in [1.54, 1.807) is 0 Å². The summed E-state index contributed by atoms with van der Waals surface area (Å²) in [5.74, 6) is -0.752. The fourth-order valence-electron chi connectivity index (χ4n) is 4.12. The maximum Gasteiger partial charge on any atom is 0.407 e. The highest BCUT2D eigenvalue weighted by Gasteiger charge is 2.29. The summed E-state index contributed by atoms with van der Waals surface area (Å²) in [6, 6.07) is 20.1. The molecule has 0 heterocycles. The maximum absolute atomic E-state index is 13.9. The van der Waals surface area contributed by atoms with Crippen molar-refractivity contribution in [2.24, 2.45) is 0 Å². The highest BCUT2D eigenvalue weighted by Crippen LogP contribution is 2.44. The quantitative estimate of drug-likeness (QED) is 0.478. The van der Waals surface area contributed by atoms with E-state index >= 15 is 0 Å². The number of carbonyl (C=O) groups is 1. The van der Waals surface area contributed by atoms with Crippen LogP contribution < -0.4 is 5.32 Å². The molecule has 0 aliphatic heterocycles. The van der Waals surface area contributed by atoms with E-state index < -0.39 is 24.1 Å². The Morgan fingerprint density at radius 1 is 1.00 bits per heavy atom. The molecule has 3 aromatic carbocycles. The molecule has 0 radical (unpaired) electrons. The van der Waals surface area contributed by atoms with Crippen molar-refractivity contribution in [1.29, 1.82) is 0 Å². The topological polar surface area (TPSA) is 78.8 Å². The molecule has 4 rings (SSSR count). The number of hydrogen-bond donors (Lipinski definition) is 3. The lowest BCUT2D eigenvalue weighted by Gasteiger charge is -2.20. The first-order chi connectivity index (χ1) is 15.5. The minimum absolute atomic E-state index is 0.00394. The molecule has 32 heavy (non-hydrogen) atoms. The van der Waals surface area contributed by atoms with E-state index in [-0.39, 0.29) is 36.1 Å². The molecule has 0 bridgehead atoms. The van der Waals surface area contributed by atoms with Gasteiger partial charge in [0.15, 0.2) is 0 Å². The molecule has 1 aliphatic rings. The summed E-state index contributed by atoms with van der Waals surface area (Å²) < 4.78 is 19.4. The monoisotopic (exact) mass is 455 g/mol. The van der Waals surface area contributed by atoms with Gasteiger partial charge in [-0.05, 0) is 40.8 Å². The third-order valence-electron chi connectivity index (χ3n) is 5.71. The van der Waals surface area contributed by atoms with E-state index in [9.17, 15) is 19.4 Å². The molecule has 166 valence electrons. The Morgan fingerprint density at radius 3 is 2.25 bits per heavy atom. The number of halogens is 2. The molecule has 0 saturated heterocycles. The molecule has 3 aromatic rings. The van der Waals surface area contributed by atoms with Crippen LogP contribution in [0.15, 0.2) is 66.7 Å². The molecule has 2 unspecified atom stereocenters. The van der Waals surface area contributed by atoms with Gasteiger partial charge in [0.05, 0.1) is 6.10 Å². The number of nitrogens with one attached hydrogen (secondary N) is 1. The van der Waals surface area contributed by atoms with Crippen molar-refractivity contribution in [3.63, 3.8) is 0 Å². The number of hydrogen-bond acceptors (Lipinski definition) is 4. The van der Waals surface area contributed by atoms with Gasteiger partial charge in [-0.25, -0.2) is 9.18 Å². The van der Waals surface area contributed by atoms with Gasteiger partial charge in [-0.2, -0.15) is 0 Å². The number of amides is 1. The Hall–Kier alpha value is -2.93. The van der Waals surface area contributed by atoms with Gasteiger partial charge in [-0.3, -0.25) is 0 Å². The van der Waals surface area contributed by atoms with Crippen LogP contribution in [-0.2, 0) is 4.74 Å². The molecule has 0 spiro atoms. The lowest BCUT2D eigenvalue weighted by Crippen LogP contribution is -2.31. The first-order valence-electron chi connectivity index (χ1n) is 10.4. The molecule has 1 aliphatic carbocycles. The summed E-state index contributed by atoms with van der Waals surface area (Å²) in [4.78, 5) is 12.2. The Morgan fingerprint density at radius 2 is 1.62 bits per heavy atom. The number of ether oxygens (including phenoxy) is 1. The van der Waals surface area contributed by atoms with E-state index in [0.717, 1.165) is 28.3 Å². The van der Waals surface area contributed by atoms with Crippen LogP contribution >= 0.6 is 11.6 Å². The summed E-state index contributed by atoms with van der Waals surface area (Å²) in [6.07, 6.45) is -3.44. The lowest BCUT2D eigenvalue weighted by molar-refractivity contribution is 0.0117. The van der Waals surface area contributed by atoms with Crippen LogP contribution in [0.2, 0.25) is 5.02 Å². The number of aliphatic hydroxyl groups excluding tert-OH is 2. The number of fused-ring (bicyclic) bond motifs is 3. The Bertz CT molecular complexity index is 1060. The van der Waals surface area contributed by atoms with E-state index in [2.05, 4.69) is 17.4 Å². The summed E-state index contributed by atoms with van der Waals surface area (Å²) >= 11 is 5.93. The van der Waals surface area contributed by atoms with Gasteiger partial charge >= 0.3 is 6.09 Å². The minimum Gasteiger partial charge on any atom is -0.449 e. The van der Waals surface area contributed by atoms with E-state index in [1.807, 2.05) is 36.4 Å². The van der Waals surface area contributed by atoms with Crippen LogP contribution in [0, 0.1) is 5.82 Å². The molecule has 0 aromatic heterocycles. The molecule has 7 heteroatoms. The Labute approximate surface area is 190 Å². The Balaban J connectivity index is 1.30. The van der Waals surface area contributed by atoms with Crippen LogP contribution in [0.1, 0.15) is 35.1 Å². The summed E-state index contributed by atoms with van der Waals surface area (Å²) in [6.45, 7) is 0.219. The molecule has 2 atom stereocenters. The van der Waals surface area contributed by atoms with Crippen molar-refractivity contribution in [1.82, 2.24) is 5.32 Å². The Kier molecular flexibility index (Phi) is 6.74. The van der Waals surface area contributed by atoms with Crippen LogP contribution in [-0.4, -0.2) is 35.6 Å². The second-order valence-electron chi connectivity index (χ2n) is 7.69. The van der Waals surface area contributed by atoms with Crippen molar-refractivity contribution in [2.45, 2.75) is 24.5 Å². The first-order valence-corrected chi connectivity index (χ1v) is 10.7. The van der Waals surface area contributed by atoms with Crippen molar-refractivity contribution >= 4 is 17.7 Å². The predicted octanol–water partition coefficient (Wildman–Crippen LogP) is 4.80. The summed E-state index contributed by atoms with van der Waals surface area (Å²) in [7, 11) is 0. The highest BCUT2D eigenvalue weighted by atomic mass is 35.5. The van der Waals surface area contributed by atoms with Gasteiger partial charge in [-0.15, -0.1) is 0 Å². The highest BCUT2D eigenvalue weighted by molar-refractivity contribution is 6.31. The van der Waals surface area contributed by atoms with Crippen LogP contribution in [0.4, 0.5) is 9.18 Å². The van der Waals surface area contributed by atoms with Gasteiger partial charge in [0.25, 0.3) is 0 Å². The van der Waals surface area contributed by atoms with E-state index in [4.69, 9.17) is 16.3 Å².